The number of ether oxygens (including phenoxy) is 2. The number of para-hydroxylation sites is 1. The average Bonchev–Trinajstić information content (AvgIpc) is 2.51. The Morgan fingerprint density at radius 1 is 1.24 bits per heavy atom. The predicted molar refractivity (Wildman–Crippen MR) is 80.0 cm³/mol. The first-order chi connectivity index (χ1) is 10.2. The van der Waals surface area contributed by atoms with Crippen LogP contribution in [0, 0.1) is 0 Å². The Hall–Kier alpha value is -2.30. The number of methoxy groups -OCH3 is 1. The summed E-state index contributed by atoms with van der Waals surface area (Å²) >= 11 is 0. The molecule has 1 aromatic rings. The number of carbonyl (C=O) groups is 2. The van der Waals surface area contributed by atoms with Crippen molar-refractivity contribution in [2.24, 2.45) is 0 Å². The van der Waals surface area contributed by atoms with Crippen LogP contribution in [-0.4, -0.2) is 43.6 Å². The number of carbonyl (C=O) groups excluding carboxylic acids is 2. The van der Waals surface area contributed by atoms with Gasteiger partial charge in [0.15, 0.2) is 0 Å². The number of esters is 1. The van der Waals surface area contributed by atoms with Crippen LogP contribution in [0.15, 0.2) is 43.0 Å². The molecular weight excluding hydrogens is 270 g/mol. The molecule has 0 saturated carbocycles. The van der Waals surface area contributed by atoms with Crippen molar-refractivity contribution in [1.29, 1.82) is 0 Å². The maximum atomic E-state index is 12.1. The first-order valence-electron chi connectivity index (χ1n) is 6.80. The topological polar surface area (TPSA) is 55.8 Å². The number of amides is 1. The first kappa shape index (κ1) is 16.8. The molecule has 0 aliphatic heterocycles. The van der Waals surface area contributed by atoms with E-state index in [1.165, 1.54) is 7.11 Å². The van der Waals surface area contributed by atoms with Crippen LogP contribution < -0.4 is 4.74 Å². The Morgan fingerprint density at radius 3 is 2.57 bits per heavy atom. The van der Waals surface area contributed by atoms with Crippen molar-refractivity contribution in [2.45, 2.75) is 12.8 Å². The van der Waals surface area contributed by atoms with Crippen LogP contribution in [0.25, 0.3) is 0 Å². The van der Waals surface area contributed by atoms with E-state index in [9.17, 15) is 9.59 Å². The molecule has 0 radical (unpaired) electrons. The highest BCUT2D eigenvalue weighted by Crippen LogP contribution is 2.09. The Kier molecular flexibility index (Phi) is 7.64. The zero-order chi connectivity index (χ0) is 15.5. The average molecular weight is 291 g/mol. The predicted octanol–water partition coefficient (Wildman–Crippen LogP) is 2.03. The minimum absolute atomic E-state index is 0.0743. The SMILES string of the molecule is C=CCN(CCC(=O)OC)C(=O)CCOc1ccccc1. The van der Waals surface area contributed by atoms with Crippen molar-refractivity contribution < 1.29 is 19.1 Å². The summed E-state index contributed by atoms with van der Waals surface area (Å²) in [5.41, 5.74) is 0. The lowest BCUT2D eigenvalue weighted by Crippen LogP contribution is -2.34. The maximum absolute atomic E-state index is 12.1. The lowest BCUT2D eigenvalue weighted by atomic mass is 10.3. The standard InChI is InChI=1S/C16H21NO4/c1-3-11-17(12-9-16(19)20-2)15(18)10-13-21-14-7-5-4-6-8-14/h3-8H,1,9-13H2,2H3. The van der Waals surface area contributed by atoms with Crippen LogP contribution in [0.4, 0.5) is 0 Å². The molecule has 1 rings (SSSR count). The van der Waals surface area contributed by atoms with Crippen molar-refractivity contribution in [3.05, 3.63) is 43.0 Å². The van der Waals surface area contributed by atoms with Crippen molar-refractivity contribution in [2.75, 3.05) is 26.8 Å². The minimum atomic E-state index is -0.336. The van der Waals surface area contributed by atoms with Crippen LogP contribution >= 0.6 is 0 Å². The van der Waals surface area contributed by atoms with E-state index in [2.05, 4.69) is 11.3 Å². The third kappa shape index (κ3) is 6.61. The van der Waals surface area contributed by atoms with Gasteiger partial charge in [0.2, 0.25) is 5.91 Å². The molecule has 1 aromatic carbocycles. The van der Waals surface area contributed by atoms with E-state index in [0.717, 1.165) is 5.75 Å². The number of benzene rings is 1. The molecule has 0 aliphatic rings. The highest BCUT2D eigenvalue weighted by Gasteiger charge is 2.14. The van der Waals surface area contributed by atoms with Crippen molar-refractivity contribution in [1.82, 2.24) is 4.90 Å². The van der Waals surface area contributed by atoms with Gasteiger partial charge in [0.25, 0.3) is 0 Å². The molecule has 0 atom stereocenters. The fourth-order valence-electron chi connectivity index (χ4n) is 1.73. The molecule has 0 N–H and O–H groups in total. The van der Waals surface area contributed by atoms with Gasteiger partial charge in [-0.1, -0.05) is 24.3 Å². The van der Waals surface area contributed by atoms with Gasteiger partial charge in [0, 0.05) is 13.1 Å². The quantitative estimate of drug-likeness (QED) is 0.516. The largest absolute Gasteiger partial charge is 0.493 e. The van der Waals surface area contributed by atoms with E-state index in [4.69, 9.17) is 4.74 Å². The van der Waals surface area contributed by atoms with Crippen molar-refractivity contribution in [3.8, 4) is 5.75 Å². The highest BCUT2D eigenvalue weighted by atomic mass is 16.5. The van der Waals surface area contributed by atoms with Gasteiger partial charge in [-0.15, -0.1) is 6.58 Å². The van der Waals surface area contributed by atoms with Crippen LogP contribution in [0.2, 0.25) is 0 Å². The van der Waals surface area contributed by atoms with Crippen LogP contribution in [0.3, 0.4) is 0 Å². The van der Waals surface area contributed by atoms with E-state index >= 15 is 0 Å². The first-order valence-corrected chi connectivity index (χ1v) is 6.80. The Bertz CT molecular complexity index is 459. The molecule has 5 nitrogen and oxygen atoms in total. The number of hydrogen-bond acceptors (Lipinski definition) is 4. The third-order valence-electron chi connectivity index (χ3n) is 2.84. The van der Waals surface area contributed by atoms with Gasteiger partial charge in [-0.2, -0.15) is 0 Å². The van der Waals surface area contributed by atoms with Gasteiger partial charge in [-0.25, -0.2) is 0 Å². The molecule has 0 saturated heterocycles. The monoisotopic (exact) mass is 291 g/mol. The fourth-order valence-corrected chi connectivity index (χ4v) is 1.73. The Balaban J connectivity index is 2.38. The molecule has 0 spiro atoms. The number of rotatable bonds is 9. The zero-order valence-corrected chi connectivity index (χ0v) is 12.3. The molecule has 5 heteroatoms. The summed E-state index contributed by atoms with van der Waals surface area (Å²) in [6.07, 6.45) is 2.06. The summed E-state index contributed by atoms with van der Waals surface area (Å²) in [6, 6.07) is 9.32. The summed E-state index contributed by atoms with van der Waals surface area (Å²) in [4.78, 5) is 24.8. The third-order valence-corrected chi connectivity index (χ3v) is 2.84. The van der Waals surface area contributed by atoms with Gasteiger partial charge >= 0.3 is 5.97 Å². The lowest BCUT2D eigenvalue weighted by molar-refractivity contribution is -0.141. The van der Waals surface area contributed by atoms with Crippen molar-refractivity contribution >= 4 is 11.9 Å². The molecule has 0 bridgehead atoms. The molecule has 0 unspecified atom stereocenters. The Morgan fingerprint density at radius 2 is 1.95 bits per heavy atom. The van der Waals surface area contributed by atoms with Crippen LogP contribution in [0.5, 0.6) is 5.75 Å². The van der Waals surface area contributed by atoms with E-state index in [1.807, 2.05) is 30.3 Å². The zero-order valence-electron chi connectivity index (χ0n) is 12.3. The summed E-state index contributed by atoms with van der Waals surface area (Å²) in [6.45, 7) is 4.64. The Labute approximate surface area is 125 Å². The number of hydrogen-bond donors (Lipinski definition) is 0. The summed E-state index contributed by atoms with van der Waals surface area (Å²) in [5, 5.41) is 0. The lowest BCUT2D eigenvalue weighted by Gasteiger charge is -2.20. The highest BCUT2D eigenvalue weighted by molar-refractivity contribution is 5.77. The second-order valence-electron chi connectivity index (χ2n) is 4.37. The molecule has 114 valence electrons. The van der Waals surface area contributed by atoms with Gasteiger partial charge in [0.05, 0.1) is 26.6 Å². The van der Waals surface area contributed by atoms with Gasteiger partial charge < -0.3 is 14.4 Å². The molecule has 1 amide bonds. The van der Waals surface area contributed by atoms with E-state index < -0.39 is 0 Å². The second-order valence-corrected chi connectivity index (χ2v) is 4.37. The van der Waals surface area contributed by atoms with Gasteiger partial charge in [-0.3, -0.25) is 9.59 Å². The second kappa shape index (κ2) is 9.58. The summed E-state index contributed by atoms with van der Waals surface area (Å²) in [7, 11) is 1.33. The smallest absolute Gasteiger partial charge is 0.307 e. The van der Waals surface area contributed by atoms with Crippen LogP contribution in [-0.2, 0) is 14.3 Å². The molecule has 0 fully saturated rings. The normalized spacial score (nSPS) is 9.76. The maximum Gasteiger partial charge on any atom is 0.307 e. The summed E-state index contributed by atoms with van der Waals surface area (Å²) in [5.74, 6) is 0.322. The van der Waals surface area contributed by atoms with Gasteiger partial charge in [-0.05, 0) is 12.1 Å². The molecule has 0 aromatic heterocycles. The van der Waals surface area contributed by atoms with E-state index in [0.29, 0.717) is 19.7 Å². The summed E-state index contributed by atoms with van der Waals surface area (Å²) < 4.78 is 10.1. The van der Waals surface area contributed by atoms with Gasteiger partial charge in [0.1, 0.15) is 5.75 Å². The van der Waals surface area contributed by atoms with Crippen LogP contribution in [0.1, 0.15) is 12.8 Å². The molecule has 0 aliphatic carbocycles. The fraction of sp³-hybridized carbons (Fsp3) is 0.375. The molecule has 21 heavy (non-hydrogen) atoms. The van der Waals surface area contributed by atoms with E-state index in [1.54, 1.807) is 11.0 Å². The minimum Gasteiger partial charge on any atom is -0.493 e. The molecular formula is C16H21NO4. The number of nitrogens with zero attached hydrogens (tertiary/aromatic N) is 1. The van der Waals surface area contributed by atoms with Crippen molar-refractivity contribution in [3.63, 3.8) is 0 Å². The molecule has 0 heterocycles. The van der Waals surface area contributed by atoms with E-state index in [-0.39, 0.29) is 24.7 Å².